The third kappa shape index (κ3) is 4.45. The van der Waals surface area contributed by atoms with E-state index in [1.54, 1.807) is 23.0 Å². The highest BCUT2D eigenvalue weighted by molar-refractivity contribution is 5.96. The summed E-state index contributed by atoms with van der Waals surface area (Å²) in [4.78, 5) is 23.9. The van der Waals surface area contributed by atoms with Gasteiger partial charge in [-0.1, -0.05) is 12.1 Å². The lowest BCUT2D eigenvalue weighted by Gasteiger charge is -2.28. The van der Waals surface area contributed by atoms with Crippen molar-refractivity contribution in [2.75, 3.05) is 13.2 Å². The third-order valence-corrected chi connectivity index (χ3v) is 4.34. The molecule has 7 heteroatoms. The van der Waals surface area contributed by atoms with E-state index in [-0.39, 0.29) is 11.8 Å². The van der Waals surface area contributed by atoms with Crippen LogP contribution in [0.4, 0.5) is 0 Å². The van der Waals surface area contributed by atoms with Gasteiger partial charge in [0.15, 0.2) is 0 Å². The number of nitrogens with zero attached hydrogens (tertiary/aromatic N) is 2. The van der Waals surface area contributed by atoms with Gasteiger partial charge in [0, 0.05) is 30.5 Å². The number of hydrogen-bond acceptors (Lipinski definition) is 4. The molecule has 0 spiro atoms. The number of nitrogens with one attached hydrogen (secondary N) is 1. The standard InChI is InChI=1S/C18H21N3O4/c22-17(20-16(18(23)24)15-3-1-10-25-12-15)14-6-4-13(5-7-14)11-21-9-2-8-19-21/h2,4-9,15-16H,1,3,10-12H2,(H,20,22)(H,23,24)/t15-,16-/m1/s1. The topological polar surface area (TPSA) is 93.5 Å². The zero-order chi connectivity index (χ0) is 17.6. The molecule has 1 fully saturated rings. The van der Waals surface area contributed by atoms with Gasteiger partial charge < -0.3 is 15.2 Å². The van der Waals surface area contributed by atoms with E-state index < -0.39 is 12.0 Å². The van der Waals surface area contributed by atoms with Crippen molar-refractivity contribution in [2.45, 2.75) is 25.4 Å². The number of aliphatic carboxylic acids is 1. The molecule has 1 aliphatic rings. The first-order valence-corrected chi connectivity index (χ1v) is 8.31. The van der Waals surface area contributed by atoms with Crippen molar-refractivity contribution in [2.24, 2.45) is 5.92 Å². The predicted octanol–water partition coefficient (Wildman–Crippen LogP) is 1.54. The van der Waals surface area contributed by atoms with Gasteiger partial charge in [0.25, 0.3) is 5.91 Å². The molecule has 1 aliphatic heterocycles. The van der Waals surface area contributed by atoms with Crippen molar-refractivity contribution in [1.29, 1.82) is 0 Å². The molecule has 0 bridgehead atoms. The molecule has 1 saturated heterocycles. The molecule has 2 heterocycles. The van der Waals surface area contributed by atoms with Gasteiger partial charge in [-0.2, -0.15) is 5.10 Å². The summed E-state index contributed by atoms with van der Waals surface area (Å²) in [6.07, 6.45) is 5.12. The molecule has 2 atom stereocenters. The molecule has 0 radical (unpaired) electrons. The quantitative estimate of drug-likeness (QED) is 0.830. The smallest absolute Gasteiger partial charge is 0.326 e. The Bertz CT molecular complexity index is 706. The first-order valence-electron chi connectivity index (χ1n) is 8.31. The van der Waals surface area contributed by atoms with Gasteiger partial charge in [-0.05, 0) is 36.6 Å². The van der Waals surface area contributed by atoms with E-state index >= 15 is 0 Å². The molecule has 132 valence electrons. The van der Waals surface area contributed by atoms with Gasteiger partial charge >= 0.3 is 5.97 Å². The maximum absolute atomic E-state index is 12.4. The van der Waals surface area contributed by atoms with Crippen LogP contribution < -0.4 is 5.32 Å². The molecule has 0 aliphatic carbocycles. The summed E-state index contributed by atoms with van der Waals surface area (Å²) in [7, 11) is 0. The molecular weight excluding hydrogens is 322 g/mol. The number of carboxylic acid groups (broad SMARTS) is 1. The minimum absolute atomic E-state index is 0.200. The van der Waals surface area contributed by atoms with E-state index in [0.717, 1.165) is 18.4 Å². The number of benzene rings is 1. The highest BCUT2D eigenvalue weighted by Gasteiger charge is 2.31. The van der Waals surface area contributed by atoms with Gasteiger partial charge in [0.05, 0.1) is 13.2 Å². The van der Waals surface area contributed by atoms with E-state index in [9.17, 15) is 14.7 Å². The second-order valence-electron chi connectivity index (χ2n) is 6.17. The summed E-state index contributed by atoms with van der Waals surface area (Å²) in [5.74, 6) is -1.61. The van der Waals surface area contributed by atoms with Crippen molar-refractivity contribution in [3.05, 3.63) is 53.9 Å². The minimum atomic E-state index is -1.03. The molecule has 3 rings (SSSR count). The molecule has 1 aromatic carbocycles. The third-order valence-electron chi connectivity index (χ3n) is 4.34. The molecular formula is C18H21N3O4. The van der Waals surface area contributed by atoms with Crippen molar-refractivity contribution >= 4 is 11.9 Å². The lowest BCUT2D eigenvalue weighted by atomic mass is 9.93. The minimum Gasteiger partial charge on any atom is -0.480 e. The van der Waals surface area contributed by atoms with E-state index in [1.165, 1.54) is 0 Å². The Morgan fingerprint density at radius 3 is 2.76 bits per heavy atom. The number of ether oxygens (including phenoxy) is 1. The Balaban J connectivity index is 1.63. The number of aromatic nitrogens is 2. The van der Waals surface area contributed by atoms with Crippen LogP contribution in [0.2, 0.25) is 0 Å². The number of carbonyl (C=O) groups is 2. The van der Waals surface area contributed by atoms with Crippen molar-refractivity contribution in [3.8, 4) is 0 Å². The SMILES string of the molecule is O=C(N[C@@H](C(=O)O)[C@@H]1CCCOC1)c1ccc(Cn2cccn2)cc1. The van der Waals surface area contributed by atoms with Crippen LogP contribution >= 0.6 is 0 Å². The summed E-state index contributed by atoms with van der Waals surface area (Å²) < 4.78 is 7.13. The molecule has 1 amide bonds. The first kappa shape index (κ1) is 17.2. The lowest BCUT2D eigenvalue weighted by Crippen LogP contribution is -2.48. The molecule has 0 saturated carbocycles. The fourth-order valence-electron chi connectivity index (χ4n) is 2.98. The zero-order valence-corrected chi connectivity index (χ0v) is 13.8. The highest BCUT2D eigenvalue weighted by Crippen LogP contribution is 2.18. The molecule has 2 N–H and O–H groups in total. The van der Waals surface area contributed by atoms with Crippen LogP contribution in [0.1, 0.15) is 28.8 Å². The first-order chi connectivity index (χ1) is 12.1. The number of amides is 1. The molecule has 1 aromatic heterocycles. The van der Waals surface area contributed by atoms with E-state index in [1.807, 2.05) is 24.4 Å². The predicted molar refractivity (Wildman–Crippen MR) is 90.2 cm³/mol. The summed E-state index contributed by atoms with van der Waals surface area (Å²) >= 11 is 0. The Morgan fingerprint density at radius 2 is 2.16 bits per heavy atom. The van der Waals surface area contributed by atoms with Crippen LogP contribution in [0.5, 0.6) is 0 Å². The van der Waals surface area contributed by atoms with Crippen molar-refractivity contribution in [3.63, 3.8) is 0 Å². The van der Waals surface area contributed by atoms with Crippen LogP contribution in [0, 0.1) is 5.92 Å². The van der Waals surface area contributed by atoms with Crippen LogP contribution in [0.3, 0.4) is 0 Å². The second kappa shape index (κ2) is 7.94. The average Bonchev–Trinajstić information content (AvgIpc) is 3.13. The Labute approximate surface area is 145 Å². The Morgan fingerprint density at radius 1 is 1.36 bits per heavy atom. The average molecular weight is 343 g/mol. The highest BCUT2D eigenvalue weighted by atomic mass is 16.5. The Hall–Kier alpha value is -2.67. The largest absolute Gasteiger partial charge is 0.480 e. The fourth-order valence-corrected chi connectivity index (χ4v) is 2.98. The summed E-state index contributed by atoms with van der Waals surface area (Å²) in [6.45, 7) is 1.63. The number of hydrogen-bond donors (Lipinski definition) is 2. The molecule has 7 nitrogen and oxygen atoms in total. The van der Waals surface area contributed by atoms with Gasteiger partial charge in [-0.15, -0.1) is 0 Å². The van der Waals surface area contributed by atoms with Crippen LogP contribution in [0.25, 0.3) is 0 Å². The maximum atomic E-state index is 12.4. The van der Waals surface area contributed by atoms with E-state index in [4.69, 9.17) is 4.74 Å². The molecule has 0 unspecified atom stereocenters. The number of carboxylic acids is 1. The fraction of sp³-hybridized carbons (Fsp3) is 0.389. The summed E-state index contributed by atoms with van der Waals surface area (Å²) in [6, 6.07) is 8.00. The second-order valence-corrected chi connectivity index (χ2v) is 6.17. The Kier molecular flexibility index (Phi) is 5.45. The number of carbonyl (C=O) groups excluding carboxylic acids is 1. The van der Waals surface area contributed by atoms with E-state index in [2.05, 4.69) is 10.4 Å². The van der Waals surface area contributed by atoms with Crippen LogP contribution in [-0.2, 0) is 16.1 Å². The number of rotatable bonds is 6. The summed E-state index contributed by atoms with van der Waals surface area (Å²) in [5, 5.41) is 16.2. The van der Waals surface area contributed by atoms with Gasteiger partial charge in [0.1, 0.15) is 6.04 Å². The molecule has 2 aromatic rings. The maximum Gasteiger partial charge on any atom is 0.326 e. The van der Waals surface area contributed by atoms with Crippen LogP contribution in [-0.4, -0.2) is 46.0 Å². The van der Waals surface area contributed by atoms with Crippen molar-refractivity contribution < 1.29 is 19.4 Å². The van der Waals surface area contributed by atoms with E-state index in [0.29, 0.717) is 25.3 Å². The monoisotopic (exact) mass is 343 g/mol. The summed E-state index contributed by atoms with van der Waals surface area (Å²) in [5.41, 5.74) is 1.45. The zero-order valence-electron chi connectivity index (χ0n) is 13.8. The van der Waals surface area contributed by atoms with Gasteiger partial charge in [-0.25, -0.2) is 4.79 Å². The van der Waals surface area contributed by atoms with Gasteiger partial charge in [-0.3, -0.25) is 9.48 Å². The molecule has 25 heavy (non-hydrogen) atoms. The van der Waals surface area contributed by atoms with Crippen molar-refractivity contribution in [1.82, 2.24) is 15.1 Å². The van der Waals surface area contributed by atoms with Crippen LogP contribution in [0.15, 0.2) is 42.7 Å². The van der Waals surface area contributed by atoms with Gasteiger partial charge in [0.2, 0.25) is 0 Å². The normalized spacial score (nSPS) is 18.5. The lowest BCUT2D eigenvalue weighted by molar-refractivity contribution is -0.142.